The molecule has 1 aromatic carbocycles. The molecule has 0 bridgehead atoms. The summed E-state index contributed by atoms with van der Waals surface area (Å²) in [7, 11) is 2.05. The molecule has 2 nitrogen and oxygen atoms in total. The highest BCUT2D eigenvalue weighted by molar-refractivity contribution is 5.31. The lowest BCUT2D eigenvalue weighted by molar-refractivity contribution is -0.0611. The van der Waals surface area contributed by atoms with E-state index in [4.69, 9.17) is 4.74 Å². The molecule has 1 aliphatic carbocycles. The maximum absolute atomic E-state index is 6.19. The predicted octanol–water partition coefficient (Wildman–Crippen LogP) is 3.60. The van der Waals surface area contributed by atoms with Gasteiger partial charge in [-0.1, -0.05) is 37.1 Å². The molecule has 0 amide bonds. The van der Waals surface area contributed by atoms with E-state index in [0.29, 0.717) is 6.04 Å². The van der Waals surface area contributed by atoms with Gasteiger partial charge in [0.05, 0.1) is 11.6 Å². The van der Waals surface area contributed by atoms with Crippen LogP contribution in [0.15, 0.2) is 24.3 Å². The van der Waals surface area contributed by atoms with Crippen LogP contribution in [-0.4, -0.2) is 19.3 Å². The first kappa shape index (κ1) is 13.6. The molecule has 1 fully saturated rings. The van der Waals surface area contributed by atoms with Gasteiger partial charge in [-0.3, -0.25) is 0 Å². The zero-order chi connectivity index (χ0) is 13.0. The highest BCUT2D eigenvalue weighted by Crippen LogP contribution is 2.43. The lowest BCUT2D eigenvalue weighted by Gasteiger charge is -2.38. The topological polar surface area (TPSA) is 21.3 Å². The van der Waals surface area contributed by atoms with Crippen molar-refractivity contribution < 1.29 is 4.74 Å². The molecule has 18 heavy (non-hydrogen) atoms. The second kappa shape index (κ2) is 5.85. The van der Waals surface area contributed by atoms with Crippen molar-refractivity contribution in [2.75, 3.05) is 13.7 Å². The Morgan fingerprint density at radius 1 is 1.28 bits per heavy atom. The number of nitrogens with one attached hydrogen (secondary N) is 1. The fourth-order valence-corrected chi connectivity index (χ4v) is 3.39. The number of rotatable bonds is 5. The molecule has 1 aliphatic rings. The second-order valence-corrected chi connectivity index (χ2v) is 5.28. The minimum absolute atomic E-state index is 0.00435. The molecule has 2 rings (SSSR count). The summed E-state index contributed by atoms with van der Waals surface area (Å²) in [6, 6.07) is 8.96. The number of hydrogen-bond donors (Lipinski definition) is 1. The van der Waals surface area contributed by atoms with Gasteiger partial charge in [-0.25, -0.2) is 0 Å². The Labute approximate surface area is 111 Å². The summed E-state index contributed by atoms with van der Waals surface area (Å²) in [5, 5.41) is 3.50. The fourth-order valence-electron chi connectivity index (χ4n) is 3.39. The normalized spacial score (nSPS) is 19.9. The van der Waals surface area contributed by atoms with E-state index in [0.717, 1.165) is 6.61 Å². The van der Waals surface area contributed by atoms with Crippen LogP contribution in [0.2, 0.25) is 0 Å². The number of benzene rings is 1. The van der Waals surface area contributed by atoms with E-state index >= 15 is 0 Å². The Kier molecular flexibility index (Phi) is 4.41. The lowest BCUT2D eigenvalue weighted by Crippen LogP contribution is -2.43. The third-order valence-corrected chi connectivity index (χ3v) is 4.20. The van der Waals surface area contributed by atoms with Crippen LogP contribution >= 0.6 is 0 Å². The van der Waals surface area contributed by atoms with Crippen LogP contribution in [-0.2, 0) is 4.74 Å². The molecule has 0 aromatic heterocycles. The molecule has 1 N–H and O–H groups in total. The fraction of sp³-hybridized carbons (Fsp3) is 0.625. The molecule has 1 atom stereocenters. The van der Waals surface area contributed by atoms with Gasteiger partial charge in [0.15, 0.2) is 0 Å². The van der Waals surface area contributed by atoms with Gasteiger partial charge in [0.25, 0.3) is 0 Å². The Morgan fingerprint density at radius 3 is 2.50 bits per heavy atom. The molecule has 0 radical (unpaired) electrons. The monoisotopic (exact) mass is 247 g/mol. The maximum Gasteiger partial charge on any atom is 0.0876 e. The van der Waals surface area contributed by atoms with Gasteiger partial charge in [0, 0.05) is 6.61 Å². The SMILES string of the molecule is CCOC1(C(NC)c2ccccc2C)CCCC1. The first-order valence-electron chi connectivity index (χ1n) is 7.10. The van der Waals surface area contributed by atoms with Gasteiger partial charge in [0.1, 0.15) is 0 Å². The van der Waals surface area contributed by atoms with Crippen molar-refractivity contribution in [2.45, 2.75) is 51.2 Å². The molecule has 2 heteroatoms. The molecule has 0 spiro atoms. The van der Waals surface area contributed by atoms with Crippen molar-refractivity contribution in [1.82, 2.24) is 5.32 Å². The van der Waals surface area contributed by atoms with Crippen molar-refractivity contribution >= 4 is 0 Å². The van der Waals surface area contributed by atoms with Crippen LogP contribution in [0.1, 0.15) is 49.8 Å². The summed E-state index contributed by atoms with van der Waals surface area (Å²) in [4.78, 5) is 0. The van der Waals surface area contributed by atoms with Crippen LogP contribution in [0.3, 0.4) is 0 Å². The van der Waals surface area contributed by atoms with E-state index in [-0.39, 0.29) is 5.60 Å². The minimum Gasteiger partial charge on any atom is -0.373 e. The average molecular weight is 247 g/mol. The minimum atomic E-state index is -0.00435. The molecule has 1 unspecified atom stereocenters. The second-order valence-electron chi connectivity index (χ2n) is 5.28. The number of aryl methyl sites for hydroxylation is 1. The van der Waals surface area contributed by atoms with E-state index in [2.05, 4.69) is 50.5 Å². The van der Waals surface area contributed by atoms with Crippen molar-refractivity contribution in [3.63, 3.8) is 0 Å². The van der Waals surface area contributed by atoms with Crippen LogP contribution in [0.25, 0.3) is 0 Å². The van der Waals surface area contributed by atoms with Crippen molar-refractivity contribution in [3.8, 4) is 0 Å². The number of ether oxygens (including phenoxy) is 1. The standard InChI is InChI=1S/C16H25NO/c1-4-18-16(11-7-8-12-16)15(17-3)14-10-6-5-9-13(14)2/h5-6,9-10,15,17H,4,7-8,11-12H2,1-3H3. The molecule has 1 aromatic rings. The largest absolute Gasteiger partial charge is 0.373 e. The van der Waals surface area contributed by atoms with Crippen LogP contribution < -0.4 is 5.32 Å². The summed E-state index contributed by atoms with van der Waals surface area (Å²) in [5.41, 5.74) is 2.73. The zero-order valence-corrected chi connectivity index (χ0v) is 11.8. The third-order valence-electron chi connectivity index (χ3n) is 4.20. The maximum atomic E-state index is 6.19. The first-order valence-corrected chi connectivity index (χ1v) is 7.10. The van der Waals surface area contributed by atoms with Gasteiger partial charge < -0.3 is 10.1 Å². The molecule has 0 aliphatic heterocycles. The third kappa shape index (κ3) is 2.45. The quantitative estimate of drug-likeness (QED) is 0.858. The van der Waals surface area contributed by atoms with Gasteiger partial charge >= 0.3 is 0 Å². The predicted molar refractivity (Wildman–Crippen MR) is 75.8 cm³/mol. The van der Waals surface area contributed by atoms with Gasteiger partial charge in [-0.2, -0.15) is 0 Å². The molecular formula is C16H25NO. The average Bonchev–Trinajstić information content (AvgIpc) is 2.82. The zero-order valence-electron chi connectivity index (χ0n) is 11.8. The summed E-state index contributed by atoms with van der Waals surface area (Å²) in [5.74, 6) is 0. The van der Waals surface area contributed by atoms with E-state index in [1.165, 1.54) is 36.8 Å². The van der Waals surface area contributed by atoms with Crippen molar-refractivity contribution in [3.05, 3.63) is 35.4 Å². The van der Waals surface area contributed by atoms with E-state index < -0.39 is 0 Å². The van der Waals surface area contributed by atoms with Gasteiger partial charge in [-0.15, -0.1) is 0 Å². The van der Waals surface area contributed by atoms with Gasteiger partial charge in [0.2, 0.25) is 0 Å². The molecule has 0 saturated heterocycles. The molecular weight excluding hydrogens is 222 g/mol. The lowest BCUT2D eigenvalue weighted by atomic mass is 9.85. The van der Waals surface area contributed by atoms with E-state index in [1.54, 1.807) is 0 Å². The summed E-state index contributed by atoms with van der Waals surface area (Å²) >= 11 is 0. The smallest absolute Gasteiger partial charge is 0.0876 e. The van der Waals surface area contributed by atoms with E-state index in [1.807, 2.05) is 0 Å². The highest BCUT2D eigenvalue weighted by Gasteiger charge is 2.42. The Morgan fingerprint density at radius 2 is 1.94 bits per heavy atom. The highest BCUT2D eigenvalue weighted by atomic mass is 16.5. The summed E-state index contributed by atoms with van der Waals surface area (Å²) in [6.07, 6.45) is 4.90. The molecule has 0 heterocycles. The van der Waals surface area contributed by atoms with Crippen molar-refractivity contribution in [1.29, 1.82) is 0 Å². The van der Waals surface area contributed by atoms with Gasteiger partial charge in [-0.05, 0) is 44.9 Å². The van der Waals surface area contributed by atoms with E-state index in [9.17, 15) is 0 Å². The number of likely N-dealkylation sites (N-methyl/N-ethyl adjacent to an activating group) is 1. The number of hydrogen-bond acceptors (Lipinski definition) is 2. The Bertz CT molecular complexity index is 382. The first-order chi connectivity index (χ1) is 8.73. The summed E-state index contributed by atoms with van der Waals surface area (Å²) in [6.45, 7) is 5.09. The van der Waals surface area contributed by atoms with Crippen LogP contribution in [0, 0.1) is 6.92 Å². The molecule has 1 saturated carbocycles. The molecule has 100 valence electrons. The van der Waals surface area contributed by atoms with Crippen molar-refractivity contribution in [2.24, 2.45) is 0 Å². The summed E-state index contributed by atoms with van der Waals surface area (Å²) < 4.78 is 6.19. The van der Waals surface area contributed by atoms with Crippen LogP contribution in [0.4, 0.5) is 0 Å². The van der Waals surface area contributed by atoms with Crippen LogP contribution in [0.5, 0.6) is 0 Å². The Balaban J connectivity index is 2.34. The Hall–Kier alpha value is -0.860.